The number of fused-ring (bicyclic) bond motifs is 18. The number of hydrogen-bond donors (Lipinski definition) is 0. The molecule has 424 valence electrons. The highest BCUT2D eigenvalue weighted by molar-refractivity contribution is 7.21. The molecule has 6 heterocycles. The summed E-state index contributed by atoms with van der Waals surface area (Å²) in [5.74, 6) is 0. The molecule has 0 amide bonds. The maximum Gasteiger partial charge on any atom is 0.188 e. The van der Waals surface area contributed by atoms with Gasteiger partial charge in [0.25, 0.3) is 0 Å². The van der Waals surface area contributed by atoms with Crippen molar-refractivity contribution in [3.05, 3.63) is 315 Å². The zero-order valence-electron chi connectivity index (χ0n) is 49.1. The molecule has 20 rings (SSSR count). The molecule has 0 fully saturated rings. The first kappa shape index (κ1) is 50.1. The van der Waals surface area contributed by atoms with E-state index in [1.807, 2.05) is 0 Å². The summed E-state index contributed by atoms with van der Waals surface area (Å²) in [5, 5.41) is 18.7. The molecule has 0 radical (unpaired) electrons. The van der Waals surface area contributed by atoms with Crippen LogP contribution in [0.15, 0.2) is 324 Å². The summed E-state index contributed by atoms with van der Waals surface area (Å²) in [5.41, 5.74) is 17.1. The van der Waals surface area contributed by atoms with E-state index in [-0.39, 0.29) is 0 Å². The number of furan rings is 2. The van der Waals surface area contributed by atoms with E-state index in [0.29, 0.717) is 0 Å². The van der Waals surface area contributed by atoms with E-state index < -0.39 is 8.07 Å². The van der Waals surface area contributed by atoms with Gasteiger partial charge in [0.05, 0.1) is 44.1 Å². The van der Waals surface area contributed by atoms with E-state index >= 15 is 0 Å². The smallest absolute Gasteiger partial charge is 0.188 e. The number of rotatable bonds is 8. The average Bonchev–Trinajstić information content (AvgIpc) is 1.74. The number of para-hydroxylation sites is 10. The summed E-state index contributed by atoms with van der Waals surface area (Å²) >= 11 is 0. The third-order valence-electron chi connectivity index (χ3n) is 19.7. The molecule has 0 saturated carbocycles. The third-order valence-corrected chi connectivity index (χ3v) is 24.4. The van der Waals surface area contributed by atoms with Crippen LogP contribution in [0.4, 0.5) is 0 Å². The highest BCUT2D eigenvalue weighted by Gasteiger charge is 2.46. The molecule has 0 aliphatic rings. The van der Waals surface area contributed by atoms with Crippen LogP contribution in [0.5, 0.6) is 0 Å². The van der Waals surface area contributed by atoms with E-state index in [4.69, 9.17) is 8.83 Å². The van der Waals surface area contributed by atoms with Gasteiger partial charge in [0.15, 0.2) is 8.07 Å². The monoisotopic (exact) mass is 1180 g/mol. The first-order valence-electron chi connectivity index (χ1n) is 31.2. The van der Waals surface area contributed by atoms with Crippen molar-refractivity contribution in [3.63, 3.8) is 0 Å². The van der Waals surface area contributed by atoms with Crippen molar-refractivity contribution in [3.8, 4) is 22.7 Å². The van der Waals surface area contributed by atoms with E-state index in [2.05, 4.69) is 334 Å². The molecule has 7 heteroatoms. The molecule has 0 atom stereocenters. The third kappa shape index (κ3) is 7.00. The summed E-state index contributed by atoms with van der Waals surface area (Å²) in [6.07, 6.45) is 0. The minimum absolute atomic E-state index is 0.855. The van der Waals surface area contributed by atoms with Crippen LogP contribution in [0.2, 0.25) is 0 Å². The molecule has 0 spiro atoms. The van der Waals surface area contributed by atoms with Gasteiger partial charge in [0.2, 0.25) is 0 Å². The van der Waals surface area contributed by atoms with Crippen molar-refractivity contribution < 1.29 is 8.83 Å². The van der Waals surface area contributed by atoms with Gasteiger partial charge in [0.1, 0.15) is 22.3 Å². The van der Waals surface area contributed by atoms with Crippen molar-refractivity contribution >= 4 is 160 Å². The molecule has 0 aliphatic carbocycles. The SMILES string of the molecule is c1cc(-n2c3ccccc3c3cc(-n4c5ccccc5c5ccccc54)ccc32)cc([Si](c2cccc(-n3c4ccccc4c4cc(-n5c6ccccc6c6ccccc65)ccc43)c2)(c2cccc3c2oc2ccccc23)c2cccc3c2oc2ccccc23)c1. The van der Waals surface area contributed by atoms with E-state index in [1.54, 1.807) is 0 Å². The van der Waals surface area contributed by atoms with Crippen molar-refractivity contribution in [1.82, 2.24) is 18.3 Å². The lowest BCUT2D eigenvalue weighted by Gasteiger charge is -2.35. The number of benzene rings is 14. The normalized spacial score (nSPS) is 12.4. The van der Waals surface area contributed by atoms with Crippen LogP contribution < -0.4 is 20.7 Å². The molecule has 0 saturated heterocycles. The predicted molar refractivity (Wildman–Crippen MR) is 382 cm³/mol. The molecule has 0 aliphatic heterocycles. The van der Waals surface area contributed by atoms with Crippen LogP contribution in [-0.4, -0.2) is 26.3 Å². The summed E-state index contributed by atoms with van der Waals surface area (Å²) in [6.45, 7) is 0. The molecular formula is C84H52N4O2Si. The Bertz CT molecular complexity index is 5940. The summed E-state index contributed by atoms with van der Waals surface area (Å²) < 4.78 is 24.5. The van der Waals surface area contributed by atoms with Crippen molar-refractivity contribution in [2.24, 2.45) is 0 Å². The average molecular weight is 1180 g/mol. The van der Waals surface area contributed by atoms with Gasteiger partial charge in [-0.25, -0.2) is 0 Å². The first-order chi connectivity index (χ1) is 45.2. The second-order valence-electron chi connectivity index (χ2n) is 24.3. The van der Waals surface area contributed by atoms with Crippen molar-refractivity contribution in [2.75, 3.05) is 0 Å². The van der Waals surface area contributed by atoms with Crippen LogP contribution >= 0.6 is 0 Å². The second-order valence-corrected chi connectivity index (χ2v) is 28.0. The molecule has 0 N–H and O–H groups in total. The maximum absolute atomic E-state index is 7.34. The molecular weight excluding hydrogens is 1130 g/mol. The molecule has 0 bridgehead atoms. The fourth-order valence-corrected chi connectivity index (χ4v) is 21.0. The quantitative estimate of drug-likeness (QED) is 0.112. The Labute approximate surface area is 522 Å². The van der Waals surface area contributed by atoms with Gasteiger partial charge < -0.3 is 27.1 Å². The molecule has 6 aromatic heterocycles. The van der Waals surface area contributed by atoms with Crippen molar-refractivity contribution in [2.45, 2.75) is 0 Å². The van der Waals surface area contributed by atoms with Crippen LogP contribution in [0.25, 0.3) is 154 Å². The molecule has 0 unspecified atom stereocenters. The minimum Gasteiger partial charge on any atom is -0.456 e. The zero-order chi connectivity index (χ0) is 59.5. The van der Waals surface area contributed by atoms with Crippen LogP contribution in [-0.2, 0) is 0 Å². The second kappa shape index (κ2) is 19.1. The highest BCUT2D eigenvalue weighted by Crippen LogP contribution is 2.41. The van der Waals surface area contributed by atoms with Gasteiger partial charge in [-0.3, -0.25) is 0 Å². The van der Waals surface area contributed by atoms with Gasteiger partial charge in [-0.2, -0.15) is 0 Å². The van der Waals surface area contributed by atoms with Gasteiger partial charge in [-0.1, -0.05) is 206 Å². The Morgan fingerprint density at radius 1 is 0.198 bits per heavy atom. The fraction of sp³-hybridized carbons (Fsp3) is 0. The molecule has 91 heavy (non-hydrogen) atoms. The van der Waals surface area contributed by atoms with Crippen molar-refractivity contribution in [1.29, 1.82) is 0 Å². The Kier molecular flexibility index (Phi) is 10.5. The topological polar surface area (TPSA) is 46.0 Å². The number of nitrogens with zero attached hydrogens (tertiary/aromatic N) is 4. The van der Waals surface area contributed by atoms with E-state index in [1.165, 1.54) is 75.5 Å². The first-order valence-corrected chi connectivity index (χ1v) is 33.2. The standard InChI is InChI=1S/C84H52N4O2Si/c1-9-35-71-59(25-1)60-26-2-10-36-72(60)87(71)55-45-47-77-69(51-55)63-29-5-13-39-75(63)85(77)53-21-17-23-57(49-53)91(81-43-19-33-67-65-31-7-15-41-79(65)89-83(67)81,82-44-20-34-68-66-32-8-16-42-80(66)90-84(68)82)58-24-18-22-54(50-58)86-76-40-14-6-30-64(76)70-52-56(46-48-78(70)86)88-73-37-11-3-27-61(73)62-28-4-12-38-74(62)88/h1-52H. The summed E-state index contributed by atoms with van der Waals surface area (Å²) in [6, 6.07) is 116. The fourth-order valence-electron chi connectivity index (χ4n) is 15.9. The number of aromatic nitrogens is 4. The molecule has 14 aromatic carbocycles. The lowest BCUT2D eigenvalue weighted by atomic mass is 10.1. The Hall–Kier alpha value is -11.9. The number of hydrogen-bond acceptors (Lipinski definition) is 2. The van der Waals surface area contributed by atoms with Gasteiger partial charge in [-0.05, 0) is 130 Å². The summed E-state index contributed by atoms with van der Waals surface area (Å²) in [7, 11) is -3.73. The predicted octanol–water partition coefficient (Wildman–Crippen LogP) is 19.3. The van der Waals surface area contributed by atoms with E-state index in [0.717, 1.165) is 99.1 Å². The maximum atomic E-state index is 7.34. The van der Waals surface area contributed by atoms with E-state index in [9.17, 15) is 0 Å². The van der Waals surface area contributed by atoms with Crippen LogP contribution in [0, 0.1) is 0 Å². The Morgan fingerprint density at radius 2 is 0.473 bits per heavy atom. The summed E-state index contributed by atoms with van der Waals surface area (Å²) in [4.78, 5) is 0. The zero-order valence-corrected chi connectivity index (χ0v) is 50.1. The molecule has 20 aromatic rings. The highest BCUT2D eigenvalue weighted by atomic mass is 28.3. The lowest BCUT2D eigenvalue weighted by molar-refractivity contribution is 0.670. The van der Waals surface area contributed by atoms with Crippen LogP contribution in [0.1, 0.15) is 0 Å². The minimum atomic E-state index is -3.73. The Balaban J connectivity index is 0.870. The lowest BCUT2D eigenvalue weighted by Crippen LogP contribution is -2.75. The van der Waals surface area contributed by atoms with Crippen LogP contribution in [0.3, 0.4) is 0 Å². The largest absolute Gasteiger partial charge is 0.456 e. The van der Waals surface area contributed by atoms with Gasteiger partial charge in [0, 0.05) is 87.4 Å². The van der Waals surface area contributed by atoms with Gasteiger partial charge >= 0.3 is 0 Å². The molecule has 6 nitrogen and oxygen atoms in total. The van der Waals surface area contributed by atoms with Gasteiger partial charge in [-0.15, -0.1) is 0 Å². The Morgan fingerprint density at radius 3 is 0.835 bits per heavy atom.